The van der Waals surface area contributed by atoms with Gasteiger partial charge >= 0.3 is 5.69 Å². The highest BCUT2D eigenvalue weighted by molar-refractivity contribution is 14.1. The summed E-state index contributed by atoms with van der Waals surface area (Å²) in [6, 6.07) is 1.08. The van der Waals surface area contributed by atoms with E-state index in [4.69, 9.17) is 4.74 Å². The first-order valence-corrected chi connectivity index (χ1v) is 7.23. The molecule has 0 radical (unpaired) electrons. The van der Waals surface area contributed by atoms with Crippen LogP contribution in [-0.2, 0) is 4.74 Å². The second-order valence-electron chi connectivity index (χ2n) is 4.32. The lowest BCUT2D eigenvalue weighted by molar-refractivity contribution is -0.0338. The Morgan fingerprint density at radius 3 is 2.95 bits per heavy atom. The predicted octanol–water partition coefficient (Wildman–Crippen LogP) is 0.279. The van der Waals surface area contributed by atoms with E-state index >= 15 is 0 Å². The molecule has 2 heterocycles. The highest BCUT2D eigenvalue weighted by Crippen LogP contribution is 2.42. The molecule has 2 rings (SSSR count). The minimum Gasteiger partial charge on any atom is -0.386 e. The van der Waals surface area contributed by atoms with Gasteiger partial charge in [-0.1, -0.05) is 29.2 Å². The number of H-pyrrole nitrogens is 1. The molecule has 0 unspecified atom stereocenters. The van der Waals surface area contributed by atoms with Crippen LogP contribution in [0.25, 0.3) is 0 Å². The second-order valence-corrected chi connectivity index (χ2v) is 5.20. The van der Waals surface area contributed by atoms with Crippen LogP contribution < -0.4 is 11.2 Å². The van der Waals surface area contributed by atoms with Crippen LogP contribution in [0.1, 0.15) is 6.23 Å². The number of hydrogen-bond acceptors (Lipinski definition) is 4. The minimum absolute atomic E-state index is 0.337. The van der Waals surface area contributed by atoms with E-state index in [1.165, 1.54) is 0 Å². The van der Waals surface area contributed by atoms with Gasteiger partial charge in [0.15, 0.2) is 6.23 Å². The van der Waals surface area contributed by atoms with Gasteiger partial charge in [0.1, 0.15) is 6.10 Å². The van der Waals surface area contributed by atoms with Gasteiger partial charge in [-0.05, 0) is 0 Å². The van der Waals surface area contributed by atoms with Crippen LogP contribution in [0.3, 0.4) is 0 Å². The molecule has 4 atom stereocenters. The molecule has 0 amide bonds. The molecule has 0 saturated carbocycles. The van der Waals surface area contributed by atoms with Crippen molar-refractivity contribution in [1.29, 1.82) is 0 Å². The molecule has 8 heteroatoms. The Hall–Kier alpha value is -1.22. The fourth-order valence-electron chi connectivity index (χ4n) is 2.10. The van der Waals surface area contributed by atoms with E-state index in [0.29, 0.717) is 4.43 Å². The summed E-state index contributed by atoms with van der Waals surface area (Å²) in [5.41, 5.74) is -1.49. The summed E-state index contributed by atoms with van der Waals surface area (Å²) in [6.07, 6.45) is -1.58. The topological polar surface area (TPSA) is 84.3 Å². The lowest BCUT2D eigenvalue weighted by Gasteiger charge is -2.25. The summed E-state index contributed by atoms with van der Waals surface area (Å²) >= 11 is 1.95. The van der Waals surface area contributed by atoms with Crippen molar-refractivity contribution in [3.05, 3.63) is 51.5 Å². The van der Waals surface area contributed by atoms with E-state index < -0.39 is 35.4 Å². The van der Waals surface area contributed by atoms with Gasteiger partial charge in [0.05, 0.1) is 6.10 Å². The average Bonchev–Trinajstić information content (AvgIpc) is 2.63. The lowest BCUT2D eigenvalue weighted by atomic mass is 9.96. The average molecular weight is 394 g/mol. The van der Waals surface area contributed by atoms with E-state index in [9.17, 15) is 19.1 Å². The minimum atomic E-state index is -2.35. The number of hydrogen-bond donors (Lipinski definition) is 2. The van der Waals surface area contributed by atoms with Crippen LogP contribution >= 0.6 is 22.6 Å². The third kappa shape index (κ3) is 2.39. The van der Waals surface area contributed by atoms with Crippen molar-refractivity contribution in [3.63, 3.8) is 0 Å². The molecule has 1 saturated heterocycles. The molecule has 0 aromatic carbocycles. The Labute approximate surface area is 126 Å². The molecule has 108 valence electrons. The lowest BCUT2D eigenvalue weighted by Crippen LogP contribution is -2.44. The molecule has 2 N–H and O–H groups in total. The molecule has 6 nitrogen and oxygen atoms in total. The Kier molecular flexibility index (Phi) is 4.28. The van der Waals surface area contributed by atoms with E-state index in [-0.39, 0.29) is 0 Å². The molecule has 1 fully saturated rings. The van der Waals surface area contributed by atoms with E-state index in [2.05, 4.69) is 12.3 Å². The fourth-order valence-corrected chi connectivity index (χ4v) is 2.79. The molecular formula is C12H12FIN2O4. The number of aromatic nitrogens is 2. The van der Waals surface area contributed by atoms with Crippen LogP contribution in [0.5, 0.6) is 0 Å². The zero-order valence-electron chi connectivity index (χ0n) is 10.3. The number of rotatable bonds is 3. The highest BCUT2D eigenvalue weighted by Gasteiger charge is 2.56. The van der Waals surface area contributed by atoms with Gasteiger partial charge in [0.2, 0.25) is 5.67 Å². The van der Waals surface area contributed by atoms with E-state index in [1.54, 1.807) is 0 Å². The fraction of sp³-hybridized carbons (Fsp3) is 0.417. The normalized spacial score (nSPS) is 32.9. The van der Waals surface area contributed by atoms with Gasteiger partial charge in [-0.25, -0.2) is 9.18 Å². The molecular weight excluding hydrogens is 382 g/mol. The van der Waals surface area contributed by atoms with Crippen LogP contribution in [0.2, 0.25) is 0 Å². The van der Waals surface area contributed by atoms with Crippen molar-refractivity contribution in [2.45, 2.75) is 24.1 Å². The molecule has 1 aliphatic rings. The van der Waals surface area contributed by atoms with Gasteiger partial charge in [-0.2, -0.15) is 0 Å². The number of nitrogens with zero attached hydrogens (tertiary/aromatic N) is 1. The van der Waals surface area contributed by atoms with Crippen LogP contribution in [0.4, 0.5) is 4.39 Å². The molecule has 1 aromatic rings. The summed E-state index contributed by atoms with van der Waals surface area (Å²) in [7, 11) is 0. The Morgan fingerprint density at radius 1 is 1.70 bits per heavy atom. The number of nitrogens with one attached hydrogen (secondary N) is 1. The number of alkyl halides is 2. The van der Waals surface area contributed by atoms with E-state index in [1.807, 2.05) is 27.6 Å². The number of aliphatic hydroxyl groups excluding tert-OH is 1. The summed E-state index contributed by atoms with van der Waals surface area (Å²) in [6.45, 7) is 3.29. The molecule has 0 aliphatic carbocycles. The summed E-state index contributed by atoms with van der Waals surface area (Å²) in [5, 5.41) is 10.0. The van der Waals surface area contributed by atoms with Crippen molar-refractivity contribution in [1.82, 2.24) is 9.55 Å². The van der Waals surface area contributed by atoms with Gasteiger partial charge < -0.3 is 9.84 Å². The largest absolute Gasteiger partial charge is 0.386 e. The van der Waals surface area contributed by atoms with E-state index in [0.717, 1.165) is 22.9 Å². The van der Waals surface area contributed by atoms with Crippen LogP contribution in [0, 0.1) is 0 Å². The van der Waals surface area contributed by atoms with Crippen molar-refractivity contribution in [2.24, 2.45) is 0 Å². The molecule has 0 bridgehead atoms. The first-order chi connectivity index (χ1) is 9.43. The second kappa shape index (κ2) is 5.65. The van der Waals surface area contributed by atoms with Gasteiger partial charge in [-0.15, -0.1) is 5.73 Å². The van der Waals surface area contributed by atoms with Crippen LogP contribution in [-0.4, -0.2) is 37.0 Å². The first-order valence-electron chi connectivity index (χ1n) is 5.71. The monoisotopic (exact) mass is 394 g/mol. The maximum Gasteiger partial charge on any atom is 0.330 e. The van der Waals surface area contributed by atoms with Crippen molar-refractivity contribution < 1.29 is 14.2 Å². The predicted molar refractivity (Wildman–Crippen MR) is 77.7 cm³/mol. The highest BCUT2D eigenvalue weighted by atomic mass is 127. The quantitative estimate of drug-likeness (QED) is 0.438. The van der Waals surface area contributed by atoms with Crippen molar-refractivity contribution >= 4 is 22.6 Å². The number of aromatic amines is 1. The third-order valence-electron chi connectivity index (χ3n) is 3.07. The maximum absolute atomic E-state index is 15.0. The standard InChI is InChI=1S/C12H12FIN2O4/c1-2-4-12(13)9(18)7(6-14)20-10(12)16-5-3-8(17)15-11(16)19/h3-5,7,9-10,18H,1,6H2,(H,15,17,19)/t7-,9-,10-,12-/m1/s1. The van der Waals surface area contributed by atoms with Crippen molar-refractivity contribution in [3.8, 4) is 0 Å². The zero-order valence-corrected chi connectivity index (χ0v) is 12.4. The Balaban J connectivity index is 2.56. The number of aliphatic hydroxyl groups is 1. The Morgan fingerprint density at radius 2 is 2.40 bits per heavy atom. The first kappa shape index (κ1) is 15.2. The Bertz CT molecular complexity index is 666. The molecule has 0 spiro atoms. The van der Waals surface area contributed by atoms with Crippen LogP contribution in [0.15, 0.2) is 40.2 Å². The summed E-state index contributed by atoms with van der Waals surface area (Å²) < 4.78 is 21.6. The summed E-state index contributed by atoms with van der Waals surface area (Å²) in [4.78, 5) is 24.8. The number of ether oxygens (including phenoxy) is 1. The third-order valence-corrected chi connectivity index (χ3v) is 3.93. The zero-order chi connectivity index (χ0) is 14.9. The van der Waals surface area contributed by atoms with Crippen molar-refractivity contribution in [2.75, 3.05) is 4.43 Å². The SMILES string of the molecule is C=C=C[C@@]1(F)[C@H](O)[C@@H](CI)O[C@H]1n1ccc(=O)[nH]c1=O. The number of halogens is 2. The smallest absolute Gasteiger partial charge is 0.330 e. The molecule has 1 aromatic heterocycles. The van der Waals surface area contributed by atoms with Gasteiger partial charge in [0, 0.05) is 22.8 Å². The molecule has 20 heavy (non-hydrogen) atoms. The summed E-state index contributed by atoms with van der Waals surface area (Å²) in [5.74, 6) is 0. The molecule has 1 aliphatic heterocycles. The maximum atomic E-state index is 15.0. The van der Waals surface area contributed by atoms with Gasteiger partial charge in [-0.3, -0.25) is 14.3 Å². The van der Waals surface area contributed by atoms with Gasteiger partial charge in [0.25, 0.3) is 5.56 Å².